The van der Waals surface area contributed by atoms with Crippen LogP contribution in [0, 0.1) is 0 Å². The molecule has 92 valence electrons. The second kappa shape index (κ2) is 6.78. The number of rotatable bonds is 5. The maximum Gasteiger partial charge on any atom is 0.305 e. The van der Waals surface area contributed by atoms with E-state index >= 15 is 0 Å². The quantitative estimate of drug-likeness (QED) is 0.799. The molecule has 1 heterocycles. The Balaban J connectivity index is 2.24. The summed E-state index contributed by atoms with van der Waals surface area (Å²) in [6.45, 7) is 0.311. The Morgan fingerprint density at radius 3 is 2.75 bits per heavy atom. The Bertz CT molecular complexity index is 252. The highest BCUT2D eigenvalue weighted by Crippen LogP contribution is 2.27. The van der Waals surface area contributed by atoms with Gasteiger partial charge in [-0.2, -0.15) is 11.8 Å². The first-order valence-corrected chi connectivity index (χ1v) is 6.72. The highest BCUT2D eigenvalue weighted by atomic mass is 32.2. The predicted octanol–water partition coefficient (Wildman–Crippen LogP) is 1.60. The number of carbonyl (C=O) groups is 2. The van der Waals surface area contributed by atoms with E-state index in [1.54, 1.807) is 7.05 Å². The molecule has 1 aliphatic heterocycles. The standard InChI is InChI=1S/C11H19NO3S/c1-12(6-5-11(14)15)10(13)8-9-4-2-3-7-16-9/h9H,2-8H2,1H3,(H,14,15). The number of hydrogen-bond donors (Lipinski definition) is 1. The molecule has 4 nitrogen and oxygen atoms in total. The predicted molar refractivity (Wildman–Crippen MR) is 64.6 cm³/mol. The molecule has 0 aromatic heterocycles. The van der Waals surface area contributed by atoms with Crippen molar-refractivity contribution >= 4 is 23.6 Å². The minimum Gasteiger partial charge on any atom is -0.481 e. The van der Waals surface area contributed by atoms with E-state index in [1.807, 2.05) is 11.8 Å². The normalized spacial score (nSPS) is 20.4. The fraction of sp³-hybridized carbons (Fsp3) is 0.818. The maximum atomic E-state index is 11.7. The van der Waals surface area contributed by atoms with Crippen molar-refractivity contribution in [2.24, 2.45) is 0 Å². The third-order valence-corrected chi connectivity index (χ3v) is 4.16. The lowest BCUT2D eigenvalue weighted by Gasteiger charge is -2.23. The van der Waals surface area contributed by atoms with Gasteiger partial charge in [-0.05, 0) is 18.6 Å². The van der Waals surface area contributed by atoms with Crippen LogP contribution >= 0.6 is 11.8 Å². The molecule has 0 aromatic carbocycles. The van der Waals surface area contributed by atoms with Crippen molar-refractivity contribution in [3.05, 3.63) is 0 Å². The molecule has 0 bridgehead atoms. The molecule has 0 aromatic rings. The Hall–Kier alpha value is -0.710. The number of carboxylic acid groups (broad SMARTS) is 1. The smallest absolute Gasteiger partial charge is 0.305 e. The SMILES string of the molecule is CN(CCC(=O)O)C(=O)CC1CCCCS1. The van der Waals surface area contributed by atoms with Crippen LogP contribution < -0.4 is 0 Å². The second-order valence-corrected chi connectivity index (χ2v) is 5.56. The number of nitrogens with zero attached hydrogens (tertiary/aromatic N) is 1. The molecule has 0 saturated carbocycles. The molecule has 5 heteroatoms. The van der Waals surface area contributed by atoms with Crippen LogP contribution in [0.15, 0.2) is 0 Å². The Labute approximate surface area is 100 Å². The fourth-order valence-electron chi connectivity index (χ4n) is 1.71. The number of carbonyl (C=O) groups excluding carboxylic acids is 1. The molecular weight excluding hydrogens is 226 g/mol. The first-order chi connectivity index (χ1) is 7.59. The van der Waals surface area contributed by atoms with Crippen LogP contribution in [-0.2, 0) is 9.59 Å². The van der Waals surface area contributed by atoms with Gasteiger partial charge < -0.3 is 10.0 Å². The van der Waals surface area contributed by atoms with Gasteiger partial charge >= 0.3 is 5.97 Å². The van der Waals surface area contributed by atoms with Gasteiger partial charge in [0, 0.05) is 25.3 Å². The van der Waals surface area contributed by atoms with Gasteiger partial charge in [0.25, 0.3) is 0 Å². The monoisotopic (exact) mass is 245 g/mol. The molecule has 0 aliphatic carbocycles. The lowest BCUT2D eigenvalue weighted by Crippen LogP contribution is -2.31. The molecule has 1 fully saturated rings. The molecule has 16 heavy (non-hydrogen) atoms. The summed E-state index contributed by atoms with van der Waals surface area (Å²) in [6.07, 6.45) is 4.16. The van der Waals surface area contributed by atoms with Gasteiger partial charge in [0.1, 0.15) is 0 Å². The number of thioether (sulfide) groups is 1. The number of amides is 1. The number of hydrogen-bond acceptors (Lipinski definition) is 3. The molecule has 1 aliphatic rings. The van der Waals surface area contributed by atoms with Crippen molar-refractivity contribution in [2.75, 3.05) is 19.3 Å². The van der Waals surface area contributed by atoms with Gasteiger partial charge in [0.2, 0.25) is 5.91 Å². The molecule has 1 rings (SSSR count). The van der Waals surface area contributed by atoms with Crippen LogP contribution in [0.1, 0.15) is 32.1 Å². The summed E-state index contributed by atoms with van der Waals surface area (Å²) in [7, 11) is 1.68. The average Bonchev–Trinajstić information content (AvgIpc) is 2.27. The summed E-state index contributed by atoms with van der Waals surface area (Å²) in [5.74, 6) is 0.365. The van der Waals surface area contributed by atoms with Crippen LogP contribution in [0.25, 0.3) is 0 Å². The van der Waals surface area contributed by atoms with Crippen LogP contribution in [0.5, 0.6) is 0 Å². The van der Waals surface area contributed by atoms with Gasteiger partial charge in [-0.3, -0.25) is 9.59 Å². The van der Waals surface area contributed by atoms with E-state index in [0.717, 1.165) is 12.2 Å². The van der Waals surface area contributed by atoms with Gasteiger partial charge in [-0.15, -0.1) is 0 Å². The zero-order valence-electron chi connectivity index (χ0n) is 9.65. The Morgan fingerprint density at radius 2 is 2.19 bits per heavy atom. The van der Waals surface area contributed by atoms with E-state index in [-0.39, 0.29) is 12.3 Å². The molecular formula is C11H19NO3S. The topological polar surface area (TPSA) is 57.6 Å². The highest BCUT2D eigenvalue weighted by Gasteiger charge is 2.19. The van der Waals surface area contributed by atoms with Crippen LogP contribution in [0.3, 0.4) is 0 Å². The van der Waals surface area contributed by atoms with Crippen LogP contribution in [-0.4, -0.2) is 46.5 Å². The maximum absolute atomic E-state index is 11.7. The van der Waals surface area contributed by atoms with Crippen molar-refractivity contribution in [3.8, 4) is 0 Å². The van der Waals surface area contributed by atoms with Gasteiger partial charge in [-0.25, -0.2) is 0 Å². The van der Waals surface area contributed by atoms with Gasteiger partial charge in [-0.1, -0.05) is 6.42 Å². The highest BCUT2D eigenvalue weighted by molar-refractivity contribution is 7.99. The van der Waals surface area contributed by atoms with E-state index in [2.05, 4.69) is 0 Å². The van der Waals surface area contributed by atoms with Gasteiger partial charge in [0.15, 0.2) is 0 Å². The van der Waals surface area contributed by atoms with E-state index in [1.165, 1.54) is 17.7 Å². The first kappa shape index (κ1) is 13.4. The fourth-order valence-corrected chi connectivity index (χ4v) is 3.00. The summed E-state index contributed by atoms with van der Waals surface area (Å²) in [5, 5.41) is 8.96. The number of carboxylic acids is 1. The molecule has 1 unspecified atom stereocenters. The molecule has 0 radical (unpaired) electrons. The lowest BCUT2D eigenvalue weighted by molar-refractivity contribution is -0.138. The van der Waals surface area contributed by atoms with Crippen molar-refractivity contribution in [1.29, 1.82) is 0 Å². The zero-order chi connectivity index (χ0) is 12.0. The third kappa shape index (κ3) is 4.88. The summed E-state index contributed by atoms with van der Waals surface area (Å²) < 4.78 is 0. The zero-order valence-corrected chi connectivity index (χ0v) is 10.5. The minimum absolute atomic E-state index is 0.0278. The molecule has 1 N–H and O–H groups in total. The van der Waals surface area contributed by atoms with E-state index < -0.39 is 5.97 Å². The van der Waals surface area contributed by atoms with Crippen molar-refractivity contribution in [3.63, 3.8) is 0 Å². The van der Waals surface area contributed by atoms with Crippen LogP contribution in [0.2, 0.25) is 0 Å². The lowest BCUT2D eigenvalue weighted by atomic mass is 10.1. The van der Waals surface area contributed by atoms with Gasteiger partial charge in [0.05, 0.1) is 6.42 Å². The Kier molecular flexibility index (Phi) is 5.66. The van der Waals surface area contributed by atoms with Crippen molar-refractivity contribution < 1.29 is 14.7 Å². The molecule has 1 atom stereocenters. The molecule has 1 saturated heterocycles. The summed E-state index contributed by atoms with van der Waals surface area (Å²) in [4.78, 5) is 23.6. The molecule has 1 amide bonds. The summed E-state index contributed by atoms with van der Waals surface area (Å²) in [6, 6.07) is 0. The largest absolute Gasteiger partial charge is 0.481 e. The first-order valence-electron chi connectivity index (χ1n) is 5.67. The minimum atomic E-state index is -0.855. The van der Waals surface area contributed by atoms with E-state index in [9.17, 15) is 9.59 Å². The molecule has 0 spiro atoms. The summed E-state index contributed by atoms with van der Waals surface area (Å²) >= 11 is 1.87. The van der Waals surface area contributed by atoms with Crippen LogP contribution in [0.4, 0.5) is 0 Å². The van der Waals surface area contributed by atoms with Crippen molar-refractivity contribution in [1.82, 2.24) is 4.90 Å². The third-order valence-electron chi connectivity index (χ3n) is 2.76. The average molecular weight is 245 g/mol. The number of aliphatic carboxylic acids is 1. The Morgan fingerprint density at radius 1 is 1.44 bits per heavy atom. The van der Waals surface area contributed by atoms with Crippen molar-refractivity contribution in [2.45, 2.75) is 37.4 Å². The summed E-state index contributed by atoms with van der Waals surface area (Å²) in [5.41, 5.74) is 0. The second-order valence-electron chi connectivity index (χ2n) is 4.15. The van der Waals surface area contributed by atoms with E-state index in [4.69, 9.17) is 5.11 Å². The van der Waals surface area contributed by atoms with E-state index in [0.29, 0.717) is 18.2 Å².